The molecular formula is C8H8N3PS. The molecule has 0 aliphatic rings. The van der Waals surface area contributed by atoms with Crippen molar-refractivity contribution in [2.75, 3.05) is 0 Å². The molecule has 1 unspecified atom stereocenters. The maximum atomic E-state index is 4.24. The molecule has 0 radical (unpaired) electrons. The lowest BCUT2D eigenvalue weighted by atomic mass is 10.6. The van der Waals surface area contributed by atoms with Crippen molar-refractivity contribution in [1.29, 1.82) is 0 Å². The van der Waals surface area contributed by atoms with Crippen LogP contribution in [0.5, 0.6) is 0 Å². The van der Waals surface area contributed by atoms with Gasteiger partial charge in [-0.05, 0) is 12.2 Å². The number of hydrogen-bond acceptors (Lipinski definition) is 4. The van der Waals surface area contributed by atoms with Gasteiger partial charge in [0.2, 0.25) is 0 Å². The summed E-state index contributed by atoms with van der Waals surface area (Å²) in [6.45, 7) is 0. The molecule has 2 heterocycles. The van der Waals surface area contributed by atoms with Gasteiger partial charge in [0.05, 0.1) is 0 Å². The lowest BCUT2D eigenvalue weighted by Gasteiger charge is -1.90. The molecule has 0 amide bonds. The van der Waals surface area contributed by atoms with Gasteiger partial charge in [0.1, 0.15) is 0 Å². The Hall–Kier alpha value is -0.860. The Balaban J connectivity index is 2.36. The number of rotatable bonds is 2. The summed E-state index contributed by atoms with van der Waals surface area (Å²) in [5.74, 6) is 0.706. The van der Waals surface area contributed by atoms with Crippen molar-refractivity contribution in [2.45, 2.75) is 6.16 Å². The average Bonchev–Trinajstić information content (AvgIpc) is 2.67. The normalized spacial score (nSPS) is 10.2. The number of thiazole rings is 1. The lowest BCUT2D eigenvalue weighted by molar-refractivity contribution is 1.16. The zero-order valence-corrected chi connectivity index (χ0v) is 8.81. The Labute approximate surface area is 82.5 Å². The quantitative estimate of drug-likeness (QED) is 0.710. The summed E-state index contributed by atoms with van der Waals surface area (Å²) >= 11 is 1.63. The Bertz CT molecular complexity index is 387. The van der Waals surface area contributed by atoms with Gasteiger partial charge in [-0.25, -0.2) is 15.0 Å². The molecule has 0 spiro atoms. The van der Waals surface area contributed by atoms with Gasteiger partial charge in [0.25, 0.3) is 0 Å². The number of hydrogen-bond donors (Lipinski definition) is 0. The minimum atomic E-state index is 0.706. The van der Waals surface area contributed by atoms with Crippen LogP contribution in [-0.4, -0.2) is 15.0 Å². The van der Waals surface area contributed by atoms with Crippen LogP contribution in [0.25, 0.3) is 10.8 Å². The molecule has 0 N–H and O–H groups in total. The van der Waals surface area contributed by atoms with E-state index in [2.05, 4.69) is 24.2 Å². The van der Waals surface area contributed by atoms with E-state index in [-0.39, 0.29) is 0 Å². The SMILES string of the molecule is PCc1cnc(-c2ncccn2)s1. The summed E-state index contributed by atoms with van der Waals surface area (Å²) in [6.07, 6.45) is 6.25. The van der Waals surface area contributed by atoms with Crippen LogP contribution in [-0.2, 0) is 6.16 Å². The first kappa shape index (κ1) is 8.73. The molecule has 2 aromatic rings. The van der Waals surface area contributed by atoms with Crippen LogP contribution >= 0.6 is 20.6 Å². The predicted molar refractivity (Wildman–Crippen MR) is 56.6 cm³/mol. The van der Waals surface area contributed by atoms with Crippen molar-refractivity contribution in [1.82, 2.24) is 15.0 Å². The van der Waals surface area contributed by atoms with E-state index in [1.54, 1.807) is 29.8 Å². The minimum absolute atomic E-state index is 0.706. The van der Waals surface area contributed by atoms with Crippen molar-refractivity contribution >= 4 is 20.6 Å². The van der Waals surface area contributed by atoms with Gasteiger partial charge in [0, 0.05) is 23.5 Å². The van der Waals surface area contributed by atoms with Crippen LogP contribution in [0, 0.1) is 0 Å². The molecule has 5 heteroatoms. The molecule has 0 aliphatic heterocycles. The largest absolute Gasteiger partial charge is 0.241 e. The molecule has 66 valence electrons. The molecule has 2 aromatic heterocycles. The Morgan fingerprint density at radius 3 is 2.62 bits per heavy atom. The van der Waals surface area contributed by atoms with E-state index in [0.717, 1.165) is 11.2 Å². The van der Waals surface area contributed by atoms with Crippen LogP contribution in [0.2, 0.25) is 0 Å². The summed E-state index contributed by atoms with van der Waals surface area (Å²) in [5.41, 5.74) is 0. The summed E-state index contributed by atoms with van der Waals surface area (Å²) in [4.78, 5) is 13.7. The third kappa shape index (κ3) is 1.90. The maximum Gasteiger partial charge on any atom is 0.188 e. The fourth-order valence-electron chi connectivity index (χ4n) is 0.915. The number of aromatic nitrogens is 3. The molecule has 0 aromatic carbocycles. The van der Waals surface area contributed by atoms with Crippen molar-refractivity contribution in [3.63, 3.8) is 0 Å². The van der Waals surface area contributed by atoms with Crippen LogP contribution in [0.3, 0.4) is 0 Å². The van der Waals surface area contributed by atoms with Crippen molar-refractivity contribution in [2.24, 2.45) is 0 Å². The summed E-state index contributed by atoms with van der Waals surface area (Å²) in [7, 11) is 2.67. The molecule has 3 nitrogen and oxygen atoms in total. The highest BCUT2D eigenvalue weighted by Gasteiger charge is 2.04. The first-order valence-corrected chi connectivity index (χ1v) is 5.45. The van der Waals surface area contributed by atoms with Crippen LogP contribution in [0.1, 0.15) is 4.88 Å². The average molecular weight is 209 g/mol. The fourth-order valence-corrected chi connectivity index (χ4v) is 2.01. The minimum Gasteiger partial charge on any atom is -0.241 e. The summed E-state index contributed by atoms with van der Waals surface area (Å²) < 4.78 is 0. The van der Waals surface area contributed by atoms with E-state index in [0.29, 0.717) is 5.82 Å². The van der Waals surface area contributed by atoms with E-state index >= 15 is 0 Å². The molecule has 0 fully saturated rings. The highest BCUT2D eigenvalue weighted by atomic mass is 32.1. The topological polar surface area (TPSA) is 38.7 Å². The first-order chi connectivity index (χ1) is 6.40. The highest BCUT2D eigenvalue weighted by molar-refractivity contribution is 7.20. The van der Waals surface area contributed by atoms with Crippen molar-refractivity contribution in [3.8, 4) is 10.8 Å². The third-order valence-corrected chi connectivity index (χ3v) is 3.26. The second kappa shape index (κ2) is 3.90. The third-order valence-electron chi connectivity index (χ3n) is 1.51. The molecule has 0 saturated heterocycles. The van der Waals surface area contributed by atoms with E-state index in [1.165, 1.54) is 4.88 Å². The van der Waals surface area contributed by atoms with E-state index in [1.807, 2.05) is 6.20 Å². The first-order valence-electron chi connectivity index (χ1n) is 3.82. The van der Waals surface area contributed by atoms with Crippen LogP contribution < -0.4 is 0 Å². The van der Waals surface area contributed by atoms with Gasteiger partial charge in [-0.15, -0.1) is 20.6 Å². The standard InChI is InChI=1S/C8H8N3PS/c12-5-6-4-11-8(13-6)7-9-2-1-3-10-7/h1-4H,5,12H2. The molecular weight excluding hydrogens is 201 g/mol. The molecule has 0 aliphatic carbocycles. The number of nitrogens with zero attached hydrogens (tertiary/aromatic N) is 3. The van der Waals surface area contributed by atoms with Gasteiger partial charge in [-0.2, -0.15) is 0 Å². The second-order valence-electron chi connectivity index (χ2n) is 2.41. The van der Waals surface area contributed by atoms with Crippen molar-refractivity contribution in [3.05, 3.63) is 29.5 Å². The van der Waals surface area contributed by atoms with Gasteiger partial charge >= 0.3 is 0 Å². The van der Waals surface area contributed by atoms with E-state index < -0.39 is 0 Å². The maximum absolute atomic E-state index is 4.24. The molecule has 2 rings (SSSR count). The fraction of sp³-hybridized carbons (Fsp3) is 0.125. The molecule has 13 heavy (non-hydrogen) atoms. The Morgan fingerprint density at radius 1 is 1.23 bits per heavy atom. The smallest absolute Gasteiger partial charge is 0.188 e. The molecule has 1 atom stereocenters. The van der Waals surface area contributed by atoms with E-state index in [9.17, 15) is 0 Å². The van der Waals surface area contributed by atoms with Crippen LogP contribution in [0.15, 0.2) is 24.7 Å². The highest BCUT2D eigenvalue weighted by Crippen LogP contribution is 2.22. The van der Waals surface area contributed by atoms with Gasteiger partial charge in [-0.3, -0.25) is 0 Å². The lowest BCUT2D eigenvalue weighted by Crippen LogP contribution is -1.84. The van der Waals surface area contributed by atoms with E-state index in [4.69, 9.17) is 0 Å². The zero-order valence-electron chi connectivity index (χ0n) is 6.84. The van der Waals surface area contributed by atoms with Crippen LogP contribution in [0.4, 0.5) is 0 Å². The van der Waals surface area contributed by atoms with Crippen molar-refractivity contribution < 1.29 is 0 Å². The summed E-state index contributed by atoms with van der Waals surface area (Å²) in [6, 6.07) is 1.80. The monoisotopic (exact) mass is 209 g/mol. The molecule has 0 bridgehead atoms. The molecule has 0 saturated carbocycles. The summed E-state index contributed by atoms with van der Waals surface area (Å²) in [5, 5.41) is 0.887. The zero-order chi connectivity index (χ0) is 9.10. The van der Waals surface area contributed by atoms with Gasteiger partial charge in [0.15, 0.2) is 10.8 Å². The van der Waals surface area contributed by atoms with Gasteiger partial charge in [-0.1, -0.05) is 0 Å². The predicted octanol–water partition coefficient (Wildman–Crippen LogP) is 1.98. The Kier molecular flexibility index (Phi) is 2.62. The second-order valence-corrected chi connectivity index (χ2v) is 3.93. The Morgan fingerprint density at radius 2 is 2.00 bits per heavy atom. The van der Waals surface area contributed by atoms with Gasteiger partial charge < -0.3 is 0 Å².